The van der Waals surface area contributed by atoms with Crippen LogP contribution >= 0.6 is 11.6 Å². The first-order chi connectivity index (χ1) is 15.5. The zero-order chi connectivity index (χ0) is 22.5. The molecule has 1 N–H and O–H groups in total. The first-order valence-corrected chi connectivity index (χ1v) is 10.8. The Kier molecular flexibility index (Phi) is 6.61. The van der Waals surface area contributed by atoms with Gasteiger partial charge in [0.05, 0.1) is 12.7 Å². The van der Waals surface area contributed by atoms with Gasteiger partial charge in [-0.3, -0.25) is 9.59 Å². The van der Waals surface area contributed by atoms with E-state index in [0.29, 0.717) is 48.1 Å². The fourth-order valence-electron chi connectivity index (χ4n) is 3.73. The van der Waals surface area contributed by atoms with Crippen molar-refractivity contribution in [3.63, 3.8) is 0 Å². The highest BCUT2D eigenvalue weighted by Crippen LogP contribution is 2.25. The lowest BCUT2D eigenvalue weighted by molar-refractivity contribution is 0.0743. The summed E-state index contributed by atoms with van der Waals surface area (Å²) in [4.78, 5) is 29.3. The molecule has 0 saturated carbocycles. The van der Waals surface area contributed by atoms with E-state index >= 15 is 0 Å². The Morgan fingerprint density at radius 3 is 2.25 bits per heavy atom. The topological polar surface area (TPSA) is 61.9 Å². The second-order valence-electron chi connectivity index (χ2n) is 7.49. The molecule has 3 aromatic rings. The third-order valence-electron chi connectivity index (χ3n) is 5.49. The Morgan fingerprint density at radius 2 is 1.59 bits per heavy atom. The summed E-state index contributed by atoms with van der Waals surface area (Å²) in [6, 6.07) is 21.9. The minimum atomic E-state index is -0.137. The number of hydrogen-bond acceptors (Lipinski definition) is 4. The van der Waals surface area contributed by atoms with Gasteiger partial charge in [0, 0.05) is 48.1 Å². The van der Waals surface area contributed by atoms with Crippen molar-refractivity contribution in [3.05, 3.63) is 88.9 Å². The predicted octanol–water partition coefficient (Wildman–Crippen LogP) is 4.56. The van der Waals surface area contributed by atoms with Gasteiger partial charge in [0.15, 0.2) is 0 Å². The number of methoxy groups -OCH3 is 1. The zero-order valence-corrected chi connectivity index (χ0v) is 18.5. The first kappa shape index (κ1) is 21.7. The van der Waals surface area contributed by atoms with Crippen LogP contribution in [-0.2, 0) is 0 Å². The van der Waals surface area contributed by atoms with Crippen LogP contribution in [0.5, 0.6) is 5.75 Å². The number of anilines is 2. The van der Waals surface area contributed by atoms with Gasteiger partial charge in [0.25, 0.3) is 11.8 Å². The molecule has 164 valence electrons. The lowest BCUT2D eigenvalue weighted by Crippen LogP contribution is -2.48. The Hall–Kier alpha value is -3.51. The first-order valence-electron chi connectivity index (χ1n) is 10.4. The third-order valence-corrected chi connectivity index (χ3v) is 5.72. The summed E-state index contributed by atoms with van der Waals surface area (Å²) >= 11 is 6.08. The van der Waals surface area contributed by atoms with Crippen molar-refractivity contribution in [2.75, 3.05) is 43.5 Å². The number of benzene rings is 3. The molecule has 1 heterocycles. The average Bonchev–Trinajstić information content (AvgIpc) is 2.84. The molecule has 0 aromatic heterocycles. The molecule has 0 atom stereocenters. The van der Waals surface area contributed by atoms with Crippen molar-refractivity contribution in [2.45, 2.75) is 0 Å². The van der Waals surface area contributed by atoms with Crippen LogP contribution in [0.4, 0.5) is 11.4 Å². The van der Waals surface area contributed by atoms with Gasteiger partial charge in [0.1, 0.15) is 5.75 Å². The molecule has 1 aliphatic rings. The quantitative estimate of drug-likeness (QED) is 0.620. The maximum atomic E-state index is 13.0. The van der Waals surface area contributed by atoms with Crippen LogP contribution in [0.1, 0.15) is 20.7 Å². The van der Waals surface area contributed by atoms with Crippen LogP contribution in [0.25, 0.3) is 0 Å². The second kappa shape index (κ2) is 9.75. The van der Waals surface area contributed by atoms with E-state index in [-0.39, 0.29) is 11.8 Å². The highest BCUT2D eigenvalue weighted by atomic mass is 35.5. The molecule has 3 aromatic carbocycles. The van der Waals surface area contributed by atoms with Crippen molar-refractivity contribution in [3.8, 4) is 5.75 Å². The number of nitrogens with zero attached hydrogens (tertiary/aromatic N) is 2. The molecule has 4 rings (SSSR count). The highest BCUT2D eigenvalue weighted by Gasteiger charge is 2.24. The largest absolute Gasteiger partial charge is 0.496 e. The predicted molar refractivity (Wildman–Crippen MR) is 127 cm³/mol. The number of carbonyl (C=O) groups excluding carboxylic acids is 2. The molecule has 0 aliphatic carbocycles. The zero-order valence-electron chi connectivity index (χ0n) is 17.8. The average molecular weight is 450 g/mol. The van der Waals surface area contributed by atoms with Crippen molar-refractivity contribution in [1.82, 2.24) is 4.90 Å². The van der Waals surface area contributed by atoms with Gasteiger partial charge >= 0.3 is 0 Å². The summed E-state index contributed by atoms with van der Waals surface area (Å²) in [5.41, 5.74) is 2.89. The highest BCUT2D eigenvalue weighted by molar-refractivity contribution is 6.31. The monoisotopic (exact) mass is 449 g/mol. The van der Waals surface area contributed by atoms with Crippen LogP contribution in [0, 0.1) is 0 Å². The van der Waals surface area contributed by atoms with E-state index in [1.54, 1.807) is 37.4 Å². The van der Waals surface area contributed by atoms with Gasteiger partial charge in [-0.05, 0) is 54.6 Å². The number of amides is 2. The Morgan fingerprint density at radius 1 is 0.906 bits per heavy atom. The van der Waals surface area contributed by atoms with Gasteiger partial charge in [-0.15, -0.1) is 0 Å². The Balaban J connectivity index is 1.36. The lowest BCUT2D eigenvalue weighted by atomic mass is 10.1. The van der Waals surface area contributed by atoms with Crippen molar-refractivity contribution in [1.29, 1.82) is 0 Å². The summed E-state index contributed by atoms with van der Waals surface area (Å²) in [6.45, 7) is 2.62. The summed E-state index contributed by atoms with van der Waals surface area (Å²) in [5, 5.41) is 3.42. The number of piperazine rings is 1. The molecule has 1 aliphatic heterocycles. The number of nitrogens with one attached hydrogen (secondary N) is 1. The molecule has 6 nitrogen and oxygen atoms in total. The maximum absolute atomic E-state index is 13.0. The van der Waals surface area contributed by atoms with Gasteiger partial charge in [0.2, 0.25) is 0 Å². The standard InChI is InChI=1S/C25H24ClN3O3/c1-32-23-12-7-19(26)17-22(23)25(31)29-15-13-28(14-16-29)21-10-8-20(9-11-21)27-24(30)18-5-3-2-4-6-18/h2-12,17H,13-16H2,1H3,(H,27,30). The Bertz CT molecular complexity index is 1100. The van der Waals surface area contributed by atoms with Gasteiger partial charge in [-0.1, -0.05) is 29.8 Å². The van der Waals surface area contributed by atoms with Crippen LogP contribution in [0.2, 0.25) is 5.02 Å². The van der Waals surface area contributed by atoms with Crippen molar-refractivity contribution < 1.29 is 14.3 Å². The van der Waals surface area contributed by atoms with Crippen LogP contribution in [0.15, 0.2) is 72.8 Å². The van der Waals surface area contributed by atoms with Gasteiger partial charge in [-0.25, -0.2) is 0 Å². The van der Waals surface area contributed by atoms with Crippen LogP contribution in [0.3, 0.4) is 0 Å². The van der Waals surface area contributed by atoms with Gasteiger partial charge in [-0.2, -0.15) is 0 Å². The fraction of sp³-hybridized carbons (Fsp3) is 0.200. The van der Waals surface area contributed by atoms with E-state index in [9.17, 15) is 9.59 Å². The molecule has 32 heavy (non-hydrogen) atoms. The van der Waals surface area contributed by atoms with Crippen LogP contribution in [-0.4, -0.2) is 50.0 Å². The molecular weight excluding hydrogens is 426 g/mol. The van der Waals surface area contributed by atoms with Crippen LogP contribution < -0.4 is 15.0 Å². The number of carbonyl (C=O) groups is 2. The molecule has 1 saturated heterocycles. The molecule has 0 radical (unpaired) electrons. The lowest BCUT2D eigenvalue weighted by Gasteiger charge is -2.36. The van der Waals surface area contributed by atoms with Crippen molar-refractivity contribution in [2.24, 2.45) is 0 Å². The van der Waals surface area contributed by atoms with E-state index in [1.165, 1.54) is 0 Å². The normalized spacial score (nSPS) is 13.6. The summed E-state index contributed by atoms with van der Waals surface area (Å²) in [6.07, 6.45) is 0. The molecule has 0 unspecified atom stereocenters. The fourth-order valence-corrected chi connectivity index (χ4v) is 3.91. The molecule has 2 amide bonds. The molecule has 1 fully saturated rings. The van der Waals surface area contributed by atoms with E-state index in [4.69, 9.17) is 16.3 Å². The van der Waals surface area contributed by atoms with E-state index in [0.717, 1.165) is 11.4 Å². The summed E-state index contributed by atoms with van der Waals surface area (Å²) in [5.74, 6) is 0.305. The number of hydrogen-bond donors (Lipinski definition) is 1. The van der Waals surface area contributed by atoms with E-state index in [1.807, 2.05) is 47.4 Å². The number of ether oxygens (including phenoxy) is 1. The smallest absolute Gasteiger partial charge is 0.257 e. The minimum Gasteiger partial charge on any atom is -0.496 e. The third kappa shape index (κ3) is 4.86. The number of rotatable bonds is 5. The molecular formula is C25H24ClN3O3. The summed E-state index contributed by atoms with van der Waals surface area (Å²) < 4.78 is 5.32. The molecule has 0 spiro atoms. The molecule has 0 bridgehead atoms. The van der Waals surface area contributed by atoms with E-state index < -0.39 is 0 Å². The minimum absolute atomic E-state index is 0.0806. The second-order valence-corrected chi connectivity index (χ2v) is 7.93. The maximum Gasteiger partial charge on any atom is 0.257 e. The summed E-state index contributed by atoms with van der Waals surface area (Å²) in [7, 11) is 1.55. The van der Waals surface area contributed by atoms with Crippen molar-refractivity contribution >= 4 is 34.8 Å². The number of halogens is 1. The van der Waals surface area contributed by atoms with Gasteiger partial charge < -0.3 is 19.9 Å². The SMILES string of the molecule is COc1ccc(Cl)cc1C(=O)N1CCN(c2ccc(NC(=O)c3ccccc3)cc2)CC1. The van der Waals surface area contributed by atoms with E-state index in [2.05, 4.69) is 10.2 Å². The Labute approximate surface area is 192 Å². The molecule has 7 heteroatoms.